The first kappa shape index (κ1) is 24.9. The zero-order valence-corrected chi connectivity index (χ0v) is 21.5. The number of carbonyl (C=O) groups is 1. The molecule has 0 spiro atoms. The average Bonchev–Trinajstić information content (AvgIpc) is 3.14. The van der Waals surface area contributed by atoms with Crippen LogP contribution in [-0.2, 0) is 11.4 Å². The maximum atomic E-state index is 13.2. The Morgan fingerprint density at radius 2 is 1.74 bits per heavy atom. The highest BCUT2D eigenvalue weighted by molar-refractivity contribution is 8.18. The lowest BCUT2D eigenvalue weighted by atomic mass is 10.1. The first-order valence-corrected chi connectivity index (χ1v) is 12.7. The fourth-order valence-corrected chi connectivity index (χ4v) is 4.87. The van der Waals surface area contributed by atoms with Crippen LogP contribution in [0, 0.1) is 0 Å². The zero-order valence-electron chi connectivity index (χ0n) is 19.9. The molecule has 0 aromatic heterocycles. The van der Waals surface area contributed by atoms with E-state index < -0.39 is 0 Å². The number of amides is 1. The number of para-hydroxylation sites is 1. The van der Waals surface area contributed by atoms with E-state index in [1.165, 1.54) is 11.8 Å². The van der Waals surface area contributed by atoms with Crippen molar-refractivity contribution in [2.45, 2.75) is 33.4 Å². The van der Waals surface area contributed by atoms with Crippen LogP contribution in [0.3, 0.4) is 0 Å². The summed E-state index contributed by atoms with van der Waals surface area (Å²) in [6.07, 6.45) is 1.87. The van der Waals surface area contributed by atoms with E-state index in [4.69, 9.17) is 26.1 Å². The summed E-state index contributed by atoms with van der Waals surface area (Å²) >= 11 is 7.63. The third-order valence-corrected chi connectivity index (χ3v) is 6.59. The van der Waals surface area contributed by atoms with E-state index in [9.17, 15) is 4.79 Å². The summed E-state index contributed by atoms with van der Waals surface area (Å²) in [6.45, 7) is 6.72. The molecule has 0 atom stereocenters. The number of carbonyl (C=O) groups excluding carboxylic acids is 1. The molecule has 1 heterocycles. The Labute approximate surface area is 215 Å². The van der Waals surface area contributed by atoms with Crippen LogP contribution < -0.4 is 9.47 Å². The van der Waals surface area contributed by atoms with Crippen LogP contribution in [0.4, 0.5) is 5.69 Å². The molecule has 180 valence electrons. The van der Waals surface area contributed by atoms with E-state index in [2.05, 4.69) is 0 Å². The van der Waals surface area contributed by atoms with Crippen LogP contribution in [0.1, 0.15) is 31.9 Å². The van der Waals surface area contributed by atoms with Crippen molar-refractivity contribution < 1.29 is 14.3 Å². The highest BCUT2D eigenvalue weighted by Crippen LogP contribution is 2.37. The predicted molar refractivity (Wildman–Crippen MR) is 144 cm³/mol. The highest BCUT2D eigenvalue weighted by atomic mass is 35.5. The molecule has 3 aromatic carbocycles. The van der Waals surface area contributed by atoms with Crippen LogP contribution in [0.5, 0.6) is 11.5 Å². The second-order valence-corrected chi connectivity index (χ2v) is 9.55. The standard InChI is InChI=1S/C28H27ClN2O3S/c1-4-33-25-16-20(14-15-24(25)34-18-21-10-8-9-13-23(21)29)17-26-27(32)31(19(2)3)28(35-26)30-22-11-6-5-7-12-22/h5-17,19H,4,18H2,1-3H3/b26-17+,30-28?. The number of halogens is 1. The van der Waals surface area contributed by atoms with E-state index in [0.29, 0.717) is 39.8 Å². The molecule has 4 rings (SSSR count). The van der Waals surface area contributed by atoms with Gasteiger partial charge in [-0.15, -0.1) is 0 Å². The first-order chi connectivity index (χ1) is 17.0. The number of hydrogen-bond acceptors (Lipinski definition) is 5. The number of rotatable bonds is 8. The van der Waals surface area contributed by atoms with E-state index in [1.54, 1.807) is 4.90 Å². The average molecular weight is 507 g/mol. The summed E-state index contributed by atoms with van der Waals surface area (Å²) in [4.78, 5) is 20.3. The van der Waals surface area contributed by atoms with Crippen LogP contribution in [0.15, 0.2) is 82.7 Å². The zero-order chi connectivity index (χ0) is 24.8. The Hall–Kier alpha value is -3.22. The molecule has 5 nitrogen and oxygen atoms in total. The quantitative estimate of drug-likeness (QED) is 0.300. The Morgan fingerprint density at radius 1 is 1.00 bits per heavy atom. The van der Waals surface area contributed by atoms with Gasteiger partial charge in [-0.3, -0.25) is 9.69 Å². The van der Waals surface area contributed by atoms with Gasteiger partial charge in [0.2, 0.25) is 0 Å². The number of amidine groups is 1. The third kappa shape index (κ3) is 6.08. The number of benzene rings is 3. The van der Waals surface area contributed by atoms with Crippen molar-refractivity contribution in [3.63, 3.8) is 0 Å². The first-order valence-electron chi connectivity index (χ1n) is 11.5. The van der Waals surface area contributed by atoms with E-state index in [0.717, 1.165) is 16.8 Å². The molecular formula is C28H27ClN2O3S. The smallest absolute Gasteiger partial charge is 0.266 e. The summed E-state index contributed by atoms with van der Waals surface area (Å²) in [5, 5.41) is 1.33. The minimum absolute atomic E-state index is 0.0112. The minimum atomic E-state index is -0.0586. The van der Waals surface area contributed by atoms with Crippen molar-refractivity contribution in [1.82, 2.24) is 4.90 Å². The minimum Gasteiger partial charge on any atom is -0.490 e. The molecule has 1 amide bonds. The second kappa shape index (κ2) is 11.5. The SMILES string of the molecule is CCOc1cc(/C=C2/SC(=Nc3ccccc3)N(C(C)C)C2=O)ccc1OCc1ccccc1Cl. The predicted octanol–water partition coefficient (Wildman–Crippen LogP) is 7.33. The monoisotopic (exact) mass is 506 g/mol. The Bertz CT molecular complexity index is 1260. The molecular weight excluding hydrogens is 480 g/mol. The van der Waals surface area contributed by atoms with E-state index >= 15 is 0 Å². The van der Waals surface area contributed by atoms with Crippen LogP contribution in [-0.4, -0.2) is 28.6 Å². The van der Waals surface area contributed by atoms with Crippen molar-refractivity contribution in [3.8, 4) is 11.5 Å². The fourth-order valence-electron chi connectivity index (χ4n) is 3.56. The normalized spacial score (nSPS) is 15.9. The summed E-state index contributed by atoms with van der Waals surface area (Å²) < 4.78 is 11.8. The molecule has 0 radical (unpaired) electrons. The molecule has 0 N–H and O–H groups in total. The number of ether oxygens (including phenoxy) is 2. The van der Waals surface area contributed by atoms with Crippen molar-refractivity contribution in [2.75, 3.05) is 6.61 Å². The van der Waals surface area contributed by atoms with Gasteiger partial charge in [-0.1, -0.05) is 54.1 Å². The summed E-state index contributed by atoms with van der Waals surface area (Å²) in [5.74, 6) is 1.18. The lowest BCUT2D eigenvalue weighted by Gasteiger charge is -2.19. The molecule has 3 aromatic rings. The maximum Gasteiger partial charge on any atom is 0.266 e. The largest absolute Gasteiger partial charge is 0.490 e. The molecule has 1 aliphatic heterocycles. The van der Waals surface area contributed by atoms with Crippen LogP contribution in [0.25, 0.3) is 6.08 Å². The maximum absolute atomic E-state index is 13.2. The van der Waals surface area contributed by atoms with Gasteiger partial charge in [-0.25, -0.2) is 4.99 Å². The van der Waals surface area contributed by atoms with Gasteiger partial charge in [0.25, 0.3) is 5.91 Å². The van der Waals surface area contributed by atoms with Crippen LogP contribution in [0.2, 0.25) is 5.02 Å². The number of hydrogen-bond donors (Lipinski definition) is 0. The molecule has 0 saturated carbocycles. The molecule has 1 aliphatic rings. The van der Waals surface area contributed by atoms with Gasteiger partial charge in [0.15, 0.2) is 16.7 Å². The van der Waals surface area contributed by atoms with E-state index in [1.807, 2.05) is 99.6 Å². The van der Waals surface area contributed by atoms with Crippen molar-refractivity contribution >= 4 is 46.2 Å². The number of nitrogens with zero attached hydrogens (tertiary/aromatic N) is 2. The van der Waals surface area contributed by atoms with Gasteiger partial charge < -0.3 is 9.47 Å². The molecule has 35 heavy (non-hydrogen) atoms. The summed E-state index contributed by atoms with van der Waals surface area (Å²) in [5.41, 5.74) is 2.56. The number of thioether (sulfide) groups is 1. The molecule has 0 bridgehead atoms. The Balaban J connectivity index is 1.59. The van der Waals surface area contributed by atoms with Crippen molar-refractivity contribution in [1.29, 1.82) is 0 Å². The highest BCUT2D eigenvalue weighted by Gasteiger charge is 2.35. The van der Waals surface area contributed by atoms with Crippen molar-refractivity contribution in [3.05, 3.63) is 93.9 Å². The Kier molecular flexibility index (Phi) is 8.16. The number of aliphatic imine (C=N–C) groups is 1. The fraction of sp³-hybridized carbons (Fsp3) is 0.214. The van der Waals surface area contributed by atoms with Crippen molar-refractivity contribution in [2.24, 2.45) is 4.99 Å². The van der Waals surface area contributed by atoms with Gasteiger partial charge in [0.1, 0.15) is 6.61 Å². The molecule has 7 heteroatoms. The van der Waals surface area contributed by atoms with Gasteiger partial charge in [0.05, 0.1) is 17.2 Å². The van der Waals surface area contributed by atoms with Gasteiger partial charge in [-0.05, 0) is 74.5 Å². The summed E-state index contributed by atoms with van der Waals surface area (Å²) in [6, 6.07) is 22.9. The van der Waals surface area contributed by atoms with Gasteiger partial charge in [-0.2, -0.15) is 0 Å². The molecule has 0 aliphatic carbocycles. The molecule has 1 fully saturated rings. The van der Waals surface area contributed by atoms with E-state index in [-0.39, 0.29) is 11.9 Å². The summed E-state index contributed by atoms with van der Waals surface area (Å²) in [7, 11) is 0. The topological polar surface area (TPSA) is 51.1 Å². The molecule has 0 unspecified atom stereocenters. The van der Waals surface area contributed by atoms with Crippen LogP contribution >= 0.6 is 23.4 Å². The molecule has 1 saturated heterocycles. The van der Waals surface area contributed by atoms with Gasteiger partial charge >= 0.3 is 0 Å². The Morgan fingerprint density at radius 3 is 2.46 bits per heavy atom. The lowest BCUT2D eigenvalue weighted by Crippen LogP contribution is -2.35. The third-order valence-electron chi connectivity index (χ3n) is 5.24. The lowest BCUT2D eigenvalue weighted by molar-refractivity contribution is -0.123. The second-order valence-electron chi connectivity index (χ2n) is 8.13. The van der Waals surface area contributed by atoms with Gasteiger partial charge in [0, 0.05) is 16.6 Å².